The second kappa shape index (κ2) is 7.83. The molecule has 0 aliphatic rings. The predicted molar refractivity (Wildman–Crippen MR) is 102 cm³/mol. The van der Waals surface area contributed by atoms with Gasteiger partial charge in [-0.25, -0.2) is 14.6 Å². The lowest BCUT2D eigenvalue weighted by Gasteiger charge is -2.14. The molecule has 2 aromatic heterocycles. The molecule has 1 unspecified atom stereocenters. The summed E-state index contributed by atoms with van der Waals surface area (Å²) in [7, 11) is 0. The highest BCUT2D eigenvalue weighted by molar-refractivity contribution is 6.06. The minimum Gasteiger partial charge on any atom is -0.449 e. The molecule has 0 aliphatic heterocycles. The van der Waals surface area contributed by atoms with Crippen molar-refractivity contribution in [2.24, 2.45) is 5.73 Å². The van der Waals surface area contributed by atoms with Crippen LogP contribution in [-0.4, -0.2) is 34.0 Å². The second-order valence-electron chi connectivity index (χ2n) is 6.22. The molecule has 0 bridgehead atoms. The second-order valence-corrected chi connectivity index (χ2v) is 6.22. The number of urea groups is 1. The topological polar surface area (TPSA) is 124 Å². The molecule has 0 radical (unpaired) electrons. The Balaban J connectivity index is 2.02. The maximum absolute atomic E-state index is 12.8. The summed E-state index contributed by atoms with van der Waals surface area (Å²) in [5.74, 6) is -1.52. The monoisotopic (exact) mass is 378 g/mol. The number of amides is 3. The Morgan fingerprint density at radius 2 is 1.96 bits per heavy atom. The van der Waals surface area contributed by atoms with Crippen LogP contribution in [0, 0.1) is 6.92 Å². The quantitative estimate of drug-likeness (QED) is 0.672. The summed E-state index contributed by atoms with van der Waals surface area (Å²) >= 11 is 0. The van der Waals surface area contributed by atoms with E-state index < -0.39 is 24.0 Å². The minimum atomic E-state index is -1.20. The van der Waals surface area contributed by atoms with E-state index in [0.29, 0.717) is 16.6 Å². The van der Waals surface area contributed by atoms with Gasteiger partial charge < -0.3 is 10.5 Å². The number of pyridine rings is 2. The van der Waals surface area contributed by atoms with E-state index in [-0.39, 0.29) is 5.56 Å². The minimum absolute atomic E-state index is 0.256. The van der Waals surface area contributed by atoms with Crippen molar-refractivity contribution in [2.45, 2.75) is 20.0 Å². The molecule has 3 amide bonds. The molecule has 0 saturated heterocycles. The van der Waals surface area contributed by atoms with Crippen LogP contribution >= 0.6 is 0 Å². The van der Waals surface area contributed by atoms with E-state index >= 15 is 0 Å². The van der Waals surface area contributed by atoms with E-state index in [2.05, 4.69) is 9.97 Å². The lowest BCUT2D eigenvalue weighted by atomic mass is 10.0. The number of hydrogen-bond donors (Lipinski definition) is 2. The number of carbonyl (C=O) groups excluding carboxylic acids is 3. The number of nitrogens with zero attached hydrogens (tertiary/aromatic N) is 2. The number of hydrogen-bond acceptors (Lipinski definition) is 6. The molecule has 8 heteroatoms. The number of ether oxygens (including phenoxy) is 1. The van der Waals surface area contributed by atoms with Gasteiger partial charge in [0.2, 0.25) is 0 Å². The van der Waals surface area contributed by atoms with Gasteiger partial charge >= 0.3 is 12.0 Å². The molecule has 0 aliphatic carbocycles. The van der Waals surface area contributed by atoms with Crippen LogP contribution in [0.25, 0.3) is 22.2 Å². The van der Waals surface area contributed by atoms with Crippen molar-refractivity contribution >= 4 is 28.8 Å². The Morgan fingerprint density at radius 1 is 1.18 bits per heavy atom. The van der Waals surface area contributed by atoms with Crippen molar-refractivity contribution in [1.29, 1.82) is 0 Å². The third-order valence-electron chi connectivity index (χ3n) is 4.04. The van der Waals surface area contributed by atoms with E-state index in [1.807, 2.05) is 36.5 Å². The van der Waals surface area contributed by atoms with Gasteiger partial charge in [-0.2, -0.15) is 0 Å². The highest BCUT2D eigenvalue weighted by Crippen LogP contribution is 2.26. The molecule has 3 aromatic rings. The lowest BCUT2D eigenvalue weighted by Crippen LogP contribution is -2.42. The van der Waals surface area contributed by atoms with Gasteiger partial charge in [0.1, 0.15) is 0 Å². The third kappa shape index (κ3) is 4.12. The van der Waals surface area contributed by atoms with E-state index in [4.69, 9.17) is 10.5 Å². The largest absolute Gasteiger partial charge is 0.449 e. The number of primary amides is 1. The number of benzene rings is 1. The first kappa shape index (κ1) is 19.0. The summed E-state index contributed by atoms with van der Waals surface area (Å²) in [5, 5.41) is 2.48. The number of carbonyl (C=O) groups is 3. The zero-order valence-corrected chi connectivity index (χ0v) is 15.3. The van der Waals surface area contributed by atoms with Gasteiger partial charge in [-0.05, 0) is 44.2 Å². The molecule has 1 atom stereocenters. The average Bonchev–Trinajstić information content (AvgIpc) is 2.67. The van der Waals surface area contributed by atoms with Crippen LogP contribution in [0.5, 0.6) is 0 Å². The highest BCUT2D eigenvalue weighted by atomic mass is 16.5. The first-order valence-corrected chi connectivity index (χ1v) is 8.48. The molecule has 28 heavy (non-hydrogen) atoms. The smallest absolute Gasteiger partial charge is 0.339 e. The number of fused-ring (bicyclic) bond motifs is 1. The summed E-state index contributed by atoms with van der Waals surface area (Å²) in [6.07, 6.45) is 2.08. The van der Waals surface area contributed by atoms with Crippen LogP contribution in [0.4, 0.5) is 4.79 Å². The maximum atomic E-state index is 12.8. The van der Waals surface area contributed by atoms with Crippen LogP contribution in [0.2, 0.25) is 0 Å². The summed E-state index contributed by atoms with van der Waals surface area (Å²) < 4.78 is 5.24. The van der Waals surface area contributed by atoms with Crippen molar-refractivity contribution in [2.75, 3.05) is 0 Å². The summed E-state index contributed by atoms with van der Waals surface area (Å²) in [6, 6.07) is 9.69. The molecule has 3 rings (SSSR count). The SMILES string of the molecule is Cc1ccc2nc(-c3cccnc3)cc(C(=O)OC(C)C(=O)NC(N)=O)c2c1. The van der Waals surface area contributed by atoms with Crippen LogP contribution in [-0.2, 0) is 9.53 Å². The Kier molecular flexibility index (Phi) is 5.30. The number of nitrogens with one attached hydrogen (secondary N) is 1. The first-order valence-electron chi connectivity index (χ1n) is 8.48. The maximum Gasteiger partial charge on any atom is 0.339 e. The molecule has 2 heterocycles. The fourth-order valence-electron chi connectivity index (χ4n) is 2.67. The van der Waals surface area contributed by atoms with E-state index in [0.717, 1.165) is 11.1 Å². The van der Waals surface area contributed by atoms with Gasteiger partial charge in [0.05, 0.1) is 16.8 Å². The lowest BCUT2D eigenvalue weighted by molar-refractivity contribution is -0.127. The van der Waals surface area contributed by atoms with Crippen molar-refractivity contribution < 1.29 is 19.1 Å². The number of imide groups is 1. The first-order chi connectivity index (χ1) is 13.3. The molecule has 1 aromatic carbocycles. The average molecular weight is 378 g/mol. The molecular weight excluding hydrogens is 360 g/mol. The molecule has 142 valence electrons. The van der Waals surface area contributed by atoms with Crippen molar-refractivity contribution in [3.05, 3.63) is 59.9 Å². The Bertz CT molecular complexity index is 1070. The fraction of sp³-hybridized carbons (Fsp3) is 0.150. The van der Waals surface area contributed by atoms with Crippen LogP contribution < -0.4 is 11.1 Å². The number of esters is 1. The van der Waals surface area contributed by atoms with Crippen LogP contribution in [0.1, 0.15) is 22.8 Å². The van der Waals surface area contributed by atoms with E-state index in [1.54, 1.807) is 24.5 Å². The number of nitrogens with two attached hydrogens (primary N) is 1. The van der Waals surface area contributed by atoms with E-state index in [1.165, 1.54) is 6.92 Å². The van der Waals surface area contributed by atoms with Gasteiger partial charge in [0.25, 0.3) is 5.91 Å². The molecule has 3 N–H and O–H groups in total. The summed E-state index contributed by atoms with van der Waals surface area (Å²) in [6.45, 7) is 3.25. The third-order valence-corrected chi connectivity index (χ3v) is 4.04. The normalized spacial score (nSPS) is 11.6. The number of aryl methyl sites for hydroxylation is 1. The molecule has 0 spiro atoms. The van der Waals surface area contributed by atoms with Crippen molar-refractivity contribution in [3.8, 4) is 11.3 Å². The van der Waals surface area contributed by atoms with Gasteiger partial charge in [0, 0.05) is 23.3 Å². The van der Waals surface area contributed by atoms with Gasteiger partial charge in [-0.3, -0.25) is 15.1 Å². The fourth-order valence-corrected chi connectivity index (χ4v) is 2.67. The standard InChI is InChI=1S/C20H18N4O4/c1-11-5-6-16-14(8-11)15(9-17(23-16)13-4-3-7-22-10-13)19(26)28-12(2)18(25)24-20(21)27/h3-10,12H,1-2H3,(H3,21,24,25,27). The van der Waals surface area contributed by atoms with Crippen LogP contribution in [0.3, 0.4) is 0 Å². The van der Waals surface area contributed by atoms with Gasteiger partial charge in [0.15, 0.2) is 6.10 Å². The van der Waals surface area contributed by atoms with Gasteiger partial charge in [-0.1, -0.05) is 11.6 Å². The number of aromatic nitrogens is 2. The number of rotatable bonds is 4. The van der Waals surface area contributed by atoms with Crippen molar-refractivity contribution in [3.63, 3.8) is 0 Å². The zero-order chi connectivity index (χ0) is 20.3. The molecule has 0 saturated carbocycles. The van der Waals surface area contributed by atoms with Crippen molar-refractivity contribution in [1.82, 2.24) is 15.3 Å². The summed E-state index contributed by atoms with van der Waals surface area (Å²) in [4.78, 5) is 44.1. The van der Waals surface area contributed by atoms with E-state index in [9.17, 15) is 14.4 Å². The van der Waals surface area contributed by atoms with Gasteiger partial charge in [-0.15, -0.1) is 0 Å². The highest BCUT2D eigenvalue weighted by Gasteiger charge is 2.22. The zero-order valence-electron chi connectivity index (χ0n) is 15.3. The summed E-state index contributed by atoms with van der Waals surface area (Å²) in [5.41, 5.74) is 8.01. The molecule has 0 fully saturated rings. The van der Waals surface area contributed by atoms with Crippen LogP contribution in [0.15, 0.2) is 48.8 Å². The Morgan fingerprint density at radius 3 is 2.64 bits per heavy atom. The molecule has 8 nitrogen and oxygen atoms in total. The Hall–Kier alpha value is -3.81. The Labute approximate surface area is 160 Å². The predicted octanol–water partition coefficient (Wildman–Crippen LogP) is 2.35. The molecular formula is C20H18N4O4.